The Hall–Kier alpha value is -3.28. The molecule has 0 unspecified atom stereocenters. The van der Waals surface area contributed by atoms with E-state index in [4.69, 9.17) is 5.73 Å². The van der Waals surface area contributed by atoms with E-state index >= 15 is 0 Å². The summed E-state index contributed by atoms with van der Waals surface area (Å²) in [5.74, 6) is 2.85. The predicted octanol–water partition coefficient (Wildman–Crippen LogP) is 4.09. The first kappa shape index (κ1) is 14.7. The standard InChI is InChI=1S/C22H20N6/c23-22-13-8-12(3-4-15(13)27-28-22)21-19-11-2-1-10(7-11)18(19)20-14-9-24-26-16(14)5-6-17(20)25-21/h1-6,8-11,18-19,21,25H,7H2,(H,24,26)(H3,23,27,28)/t10-,11+,18+,19-,21+/m1/s1. The number of benzene rings is 2. The number of hydrogen-bond donors (Lipinski definition) is 4. The normalized spacial score (nSPS) is 29.9. The number of nitrogens with one attached hydrogen (secondary N) is 3. The minimum Gasteiger partial charge on any atom is -0.382 e. The molecule has 1 aliphatic heterocycles. The van der Waals surface area contributed by atoms with E-state index in [9.17, 15) is 0 Å². The van der Waals surface area contributed by atoms with Crippen LogP contribution in [0.4, 0.5) is 11.5 Å². The number of aromatic amines is 2. The molecular formula is C22H20N6. The van der Waals surface area contributed by atoms with Gasteiger partial charge in [0.05, 0.1) is 23.3 Å². The molecule has 5 N–H and O–H groups in total. The van der Waals surface area contributed by atoms with Crippen molar-refractivity contribution in [2.45, 2.75) is 18.4 Å². The highest BCUT2D eigenvalue weighted by molar-refractivity contribution is 5.90. The Kier molecular flexibility index (Phi) is 2.61. The summed E-state index contributed by atoms with van der Waals surface area (Å²) in [5, 5.41) is 20.8. The number of anilines is 2. The third-order valence-electron chi connectivity index (χ3n) is 7.19. The van der Waals surface area contributed by atoms with Crippen LogP contribution in [0.3, 0.4) is 0 Å². The SMILES string of the molecule is Nc1n[nH]c2ccc([C@@H]3Nc4ccc5[nH]ncc5c4[C@@H]4[C@H]3[C@H]3C=C[C@@H]4C3)cc12. The topological polar surface area (TPSA) is 95.4 Å². The van der Waals surface area contributed by atoms with Crippen molar-refractivity contribution in [1.82, 2.24) is 20.4 Å². The number of nitrogens with zero attached hydrogens (tertiary/aromatic N) is 2. The van der Waals surface area contributed by atoms with Crippen LogP contribution in [0.5, 0.6) is 0 Å². The molecule has 6 heteroatoms. The molecule has 2 aromatic carbocycles. The second kappa shape index (κ2) is 4.95. The number of fused-ring (bicyclic) bond motifs is 10. The van der Waals surface area contributed by atoms with Crippen molar-refractivity contribution in [2.24, 2.45) is 17.8 Å². The van der Waals surface area contributed by atoms with Gasteiger partial charge in [-0.25, -0.2) is 0 Å². The molecule has 0 spiro atoms. The van der Waals surface area contributed by atoms with Crippen molar-refractivity contribution < 1.29 is 0 Å². The highest BCUT2D eigenvalue weighted by Gasteiger charge is 2.52. The zero-order chi connectivity index (χ0) is 18.4. The maximum atomic E-state index is 6.08. The van der Waals surface area contributed by atoms with Gasteiger partial charge in [-0.05, 0) is 65.5 Å². The van der Waals surface area contributed by atoms with Crippen LogP contribution in [0.1, 0.15) is 29.5 Å². The van der Waals surface area contributed by atoms with E-state index in [0.717, 1.165) is 16.4 Å². The number of aromatic nitrogens is 4. The van der Waals surface area contributed by atoms with Crippen LogP contribution in [-0.4, -0.2) is 20.4 Å². The second-order valence-electron chi connectivity index (χ2n) is 8.45. The molecule has 6 nitrogen and oxygen atoms in total. The minimum absolute atomic E-state index is 0.264. The lowest BCUT2D eigenvalue weighted by molar-refractivity contribution is 0.335. The average Bonchev–Trinajstić information content (AvgIpc) is 3.51. The van der Waals surface area contributed by atoms with E-state index in [0.29, 0.717) is 29.5 Å². The van der Waals surface area contributed by atoms with Gasteiger partial charge in [0.15, 0.2) is 5.82 Å². The smallest absolute Gasteiger partial charge is 0.153 e. The van der Waals surface area contributed by atoms with Crippen molar-refractivity contribution in [3.8, 4) is 0 Å². The van der Waals surface area contributed by atoms with E-state index < -0.39 is 0 Å². The first-order valence-electron chi connectivity index (χ1n) is 9.92. The van der Waals surface area contributed by atoms with Gasteiger partial charge in [0, 0.05) is 16.5 Å². The van der Waals surface area contributed by atoms with Crippen LogP contribution in [0.2, 0.25) is 0 Å². The molecule has 0 amide bonds. The van der Waals surface area contributed by atoms with Crippen LogP contribution >= 0.6 is 0 Å². The molecule has 2 bridgehead atoms. The zero-order valence-corrected chi connectivity index (χ0v) is 15.2. The van der Waals surface area contributed by atoms with Gasteiger partial charge in [-0.2, -0.15) is 10.2 Å². The summed E-state index contributed by atoms with van der Waals surface area (Å²) in [6, 6.07) is 11.1. The summed E-state index contributed by atoms with van der Waals surface area (Å²) in [6.07, 6.45) is 8.11. The molecule has 0 saturated heterocycles. The molecule has 2 aromatic heterocycles. The van der Waals surface area contributed by atoms with Crippen LogP contribution in [0.15, 0.2) is 48.7 Å². The fraction of sp³-hybridized carbons (Fsp3) is 0.273. The molecule has 1 saturated carbocycles. The van der Waals surface area contributed by atoms with Crippen molar-refractivity contribution >= 4 is 33.3 Å². The summed E-state index contributed by atoms with van der Waals surface area (Å²) in [5.41, 5.74) is 12.2. The summed E-state index contributed by atoms with van der Waals surface area (Å²) in [4.78, 5) is 0. The molecule has 3 aliphatic rings. The maximum absolute atomic E-state index is 6.08. The van der Waals surface area contributed by atoms with Gasteiger partial charge >= 0.3 is 0 Å². The van der Waals surface area contributed by atoms with E-state index in [1.807, 2.05) is 6.20 Å². The molecule has 2 aliphatic carbocycles. The predicted molar refractivity (Wildman–Crippen MR) is 110 cm³/mol. The van der Waals surface area contributed by atoms with Crippen LogP contribution in [0, 0.1) is 17.8 Å². The number of nitrogen functional groups attached to an aromatic ring is 1. The van der Waals surface area contributed by atoms with Crippen molar-refractivity contribution in [1.29, 1.82) is 0 Å². The number of rotatable bonds is 1. The zero-order valence-electron chi connectivity index (χ0n) is 15.2. The molecule has 1 fully saturated rings. The fourth-order valence-corrected chi connectivity index (χ4v) is 6.06. The van der Waals surface area contributed by atoms with Crippen molar-refractivity contribution in [2.75, 3.05) is 11.1 Å². The Labute approximate surface area is 161 Å². The van der Waals surface area contributed by atoms with E-state index in [1.54, 1.807) is 0 Å². The van der Waals surface area contributed by atoms with Gasteiger partial charge in [0.25, 0.3) is 0 Å². The molecule has 28 heavy (non-hydrogen) atoms. The Morgan fingerprint density at radius 1 is 0.964 bits per heavy atom. The van der Waals surface area contributed by atoms with E-state index in [1.165, 1.54) is 28.6 Å². The lowest BCUT2D eigenvalue weighted by atomic mass is 9.69. The lowest BCUT2D eigenvalue weighted by Gasteiger charge is -2.42. The van der Waals surface area contributed by atoms with Crippen LogP contribution in [0.25, 0.3) is 21.8 Å². The summed E-state index contributed by atoms with van der Waals surface area (Å²) in [6.45, 7) is 0. The number of H-pyrrole nitrogens is 2. The molecule has 5 atom stereocenters. The largest absolute Gasteiger partial charge is 0.382 e. The minimum atomic E-state index is 0.264. The van der Waals surface area contributed by atoms with E-state index in [2.05, 4.69) is 68.2 Å². The van der Waals surface area contributed by atoms with Crippen LogP contribution in [-0.2, 0) is 0 Å². The summed E-state index contributed by atoms with van der Waals surface area (Å²) >= 11 is 0. The number of allylic oxidation sites excluding steroid dienone is 2. The number of nitrogens with two attached hydrogens (primary N) is 1. The van der Waals surface area contributed by atoms with E-state index in [-0.39, 0.29) is 6.04 Å². The third-order valence-corrected chi connectivity index (χ3v) is 7.19. The molecule has 0 radical (unpaired) electrons. The fourth-order valence-electron chi connectivity index (χ4n) is 6.06. The maximum Gasteiger partial charge on any atom is 0.153 e. The monoisotopic (exact) mass is 368 g/mol. The summed E-state index contributed by atoms with van der Waals surface area (Å²) in [7, 11) is 0. The van der Waals surface area contributed by atoms with Crippen molar-refractivity contribution in [3.63, 3.8) is 0 Å². The van der Waals surface area contributed by atoms with Gasteiger partial charge in [-0.3, -0.25) is 10.2 Å². The number of hydrogen-bond acceptors (Lipinski definition) is 4. The third kappa shape index (κ3) is 1.73. The Bertz CT molecular complexity index is 1280. The Morgan fingerprint density at radius 3 is 2.79 bits per heavy atom. The average molecular weight is 368 g/mol. The molecule has 3 heterocycles. The highest BCUT2D eigenvalue weighted by Crippen LogP contribution is 2.62. The molecular weight excluding hydrogens is 348 g/mol. The highest BCUT2D eigenvalue weighted by atomic mass is 15.1. The van der Waals surface area contributed by atoms with Gasteiger partial charge < -0.3 is 11.1 Å². The quantitative estimate of drug-likeness (QED) is 0.381. The first-order chi connectivity index (χ1) is 13.8. The second-order valence-corrected chi connectivity index (χ2v) is 8.45. The van der Waals surface area contributed by atoms with Gasteiger partial charge in [0.2, 0.25) is 0 Å². The molecule has 138 valence electrons. The first-order valence-corrected chi connectivity index (χ1v) is 9.92. The molecule has 7 rings (SSSR count). The van der Waals surface area contributed by atoms with Gasteiger partial charge in [-0.15, -0.1) is 0 Å². The van der Waals surface area contributed by atoms with Crippen molar-refractivity contribution in [3.05, 3.63) is 59.8 Å². The Balaban J connectivity index is 1.45. The van der Waals surface area contributed by atoms with Gasteiger partial charge in [0.1, 0.15) is 0 Å². The lowest BCUT2D eigenvalue weighted by Crippen LogP contribution is -2.34. The summed E-state index contributed by atoms with van der Waals surface area (Å²) < 4.78 is 0. The van der Waals surface area contributed by atoms with Gasteiger partial charge in [-0.1, -0.05) is 18.2 Å². The Morgan fingerprint density at radius 2 is 1.82 bits per heavy atom. The van der Waals surface area contributed by atoms with Crippen LogP contribution < -0.4 is 11.1 Å². The molecule has 4 aromatic rings.